The fraction of sp³-hybridized carbons (Fsp3) is 1.00. The lowest BCUT2D eigenvalue weighted by Gasteiger charge is -2.37. The van der Waals surface area contributed by atoms with Gasteiger partial charge in [-0.2, -0.15) is 0 Å². The first-order chi connectivity index (χ1) is 9.28. The van der Waals surface area contributed by atoms with Gasteiger partial charge in [-0.25, -0.2) is 0 Å². The summed E-state index contributed by atoms with van der Waals surface area (Å²) in [5, 5.41) is 0.205. The van der Waals surface area contributed by atoms with E-state index in [-0.39, 0.29) is 24.0 Å². The summed E-state index contributed by atoms with van der Waals surface area (Å²) in [6, 6.07) is 0. The van der Waals surface area contributed by atoms with Gasteiger partial charge in [-0.3, -0.25) is 0 Å². The Morgan fingerprint density at radius 2 is 1.90 bits per heavy atom. The Labute approximate surface area is 124 Å². The molecular weight excluding hydrogens is 276 g/mol. The first-order valence-corrected chi connectivity index (χ1v) is 10.1. The Morgan fingerprint density at radius 3 is 2.40 bits per heavy atom. The molecule has 0 N–H and O–H groups in total. The van der Waals surface area contributed by atoms with Gasteiger partial charge in [-0.15, -0.1) is 0 Å². The molecule has 6 heteroatoms. The van der Waals surface area contributed by atoms with Crippen molar-refractivity contribution in [3.05, 3.63) is 0 Å². The van der Waals surface area contributed by atoms with Crippen LogP contribution in [0.25, 0.3) is 0 Å². The summed E-state index contributed by atoms with van der Waals surface area (Å²) in [5.41, 5.74) is 0. The second-order valence-electron chi connectivity index (χ2n) is 6.67. The fourth-order valence-electron chi connectivity index (χ4n) is 1.38. The van der Waals surface area contributed by atoms with Crippen LogP contribution in [-0.4, -0.2) is 60.9 Å². The van der Waals surface area contributed by atoms with Crippen molar-refractivity contribution in [2.24, 2.45) is 0 Å². The summed E-state index contributed by atoms with van der Waals surface area (Å²) in [6.45, 7) is 13.9. The smallest absolute Gasteiger partial charge is 0.192 e. The van der Waals surface area contributed by atoms with Gasteiger partial charge in [0.2, 0.25) is 0 Å². The van der Waals surface area contributed by atoms with Gasteiger partial charge in [0.25, 0.3) is 0 Å². The number of methoxy groups -OCH3 is 1. The predicted octanol–water partition coefficient (Wildman–Crippen LogP) is 2.41. The minimum absolute atomic E-state index is 0.0355. The van der Waals surface area contributed by atoms with Gasteiger partial charge < -0.3 is 23.4 Å². The Hall–Kier alpha value is 0.0169. The molecule has 2 atom stereocenters. The third kappa shape index (κ3) is 6.20. The highest BCUT2D eigenvalue weighted by Crippen LogP contribution is 2.37. The van der Waals surface area contributed by atoms with Crippen LogP contribution in [0, 0.1) is 0 Å². The number of ether oxygens (including phenoxy) is 4. The zero-order chi connectivity index (χ0) is 15.2. The topological polar surface area (TPSA) is 49.5 Å². The van der Waals surface area contributed by atoms with Crippen molar-refractivity contribution in [2.75, 3.05) is 40.3 Å². The van der Waals surface area contributed by atoms with Crippen LogP contribution in [0.1, 0.15) is 20.8 Å². The monoisotopic (exact) mass is 306 g/mol. The third-order valence-corrected chi connectivity index (χ3v) is 8.49. The van der Waals surface area contributed by atoms with E-state index in [0.717, 1.165) is 6.61 Å². The molecule has 0 amide bonds. The molecule has 1 aliphatic rings. The molecule has 0 bridgehead atoms. The van der Waals surface area contributed by atoms with Crippen LogP contribution < -0.4 is 0 Å². The highest BCUT2D eigenvalue weighted by atomic mass is 28.4. The van der Waals surface area contributed by atoms with Crippen molar-refractivity contribution in [1.29, 1.82) is 0 Å². The van der Waals surface area contributed by atoms with E-state index in [9.17, 15) is 0 Å². The maximum absolute atomic E-state index is 6.19. The van der Waals surface area contributed by atoms with E-state index >= 15 is 0 Å². The average Bonchev–Trinajstić information content (AvgIpc) is 3.15. The zero-order valence-corrected chi connectivity index (χ0v) is 14.7. The quantitative estimate of drug-likeness (QED) is 0.268. The second kappa shape index (κ2) is 7.86. The lowest BCUT2D eigenvalue weighted by Crippen LogP contribution is -2.44. The molecule has 0 aromatic carbocycles. The summed E-state index contributed by atoms with van der Waals surface area (Å²) in [5.74, 6) is 0. The lowest BCUT2D eigenvalue weighted by molar-refractivity contribution is -0.113. The molecule has 1 fully saturated rings. The van der Waals surface area contributed by atoms with Gasteiger partial charge in [0.1, 0.15) is 19.0 Å². The summed E-state index contributed by atoms with van der Waals surface area (Å²) in [4.78, 5) is 0. The summed E-state index contributed by atoms with van der Waals surface area (Å²) >= 11 is 0. The molecule has 2 unspecified atom stereocenters. The molecule has 0 saturated carbocycles. The summed E-state index contributed by atoms with van der Waals surface area (Å²) < 4.78 is 27.5. The maximum atomic E-state index is 6.19. The largest absolute Gasteiger partial charge is 0.414 e. The van der Waals surface area contributed by atoms with Crippen LogP contribution >= 0.6 is 0 Å². The van der Waals surface area contributed by atoms with E-state index in [1.54, 1.807) is 7.11 Å². The number of hydrogen-bond acceptors (Lipinski definition) is 5. The molecule has 20 heavy (non-hydrogen) atoms. The van der Waals surface area contributed by atoms with Gasteiger partial charge in [0, 0.05) is 7.11 Å². The molecule has 0 radical (unpaired) electrons. The minimum Gasteiger partial charge on any atom is -0.414 e. The van der Waals surface area contributed by atoms with Gasteiger partial charge >= 0.3 is 0 Å². The van der Waals surface area contributed by atoms with Crippen molar-refractivity contribution in [2.45, 2.75) is 51.1 Å². The summed E-state index contributed by atoms with van der Waals surface area (Å²) in [7, 11) is -0.0914. The standard InChI is InChI=1S/C14H30O5Si/c1-14(2,3)20(5,6)19-10-13(12-9-17-12)18-11-16-8-7-15-4/h12-13H,7-11H2,1-6H3. The fourth-order valence-corrected chi connectivity index (χ4v) is 2.39. The van der Waals surface area contributed by atoms with E-state index in [1.807, 2.05) is 0 Å². The van der Waals surface area contributed by atoms with Crippen LogP contribution in [0.5, 0.6) is 0 Å². The molecule has 5 nitrogen and oxygen atoms in total. The highest BCUT2D eigenvalue weighted by Gasteiger charge is 2.40. The first kappa shape index (κ1) is 18.1. The number of epoxide rings is 1. The molecule has 120 valence electrons. The van der Waals surface area contributed by atoms with E-state index in [2.05, 4.69) is 33.9 Å². The summed E-state index contributed by atoms with van der Waals surface area (Å²) in [6.07, 6.45) is 0.123. The zero-order valence-electron chi connectivity index (χ0n) is 13.7. The SMILES string of the molecule is COCCOCOC(CO[Si](C)(C)C(C)(C)C)C1CO1. The predicted molar refractivity (Wildman–Crippen MR) is 80.5 cm³/mol. The molecular formula is C14H30O5Si. The number of rotatable bonds is 10. The van der Waals surface area contributed by atoms with E-state index in [1.165, 1.54) is 0 Å². The Bertz CT molecular complexity index is 273. The molecule has 1 aliphatic heterocycles. The average molecular weight is 306 g/mol. The molecule has 1 heterocycles. The molecule has 1 saturated heterocycles. The van der Waals surface area contributed by atoms with Crippen LogP contribution in [0.3, 0.4) is 0 Å². The van der Waals surface area contributed by atoms with Crippen molar-refractivity contribution in [1.82, 2.24) is 0 Å². The van der Waals surface area contributed by atoms with Crippen LogP contribution in [0.4, 0.5) is 0 Å². The van der Waals surface area contributed by atoms with E-state index in [0.29, 0.717) is 19.8 Å². The Balaban J connectivity index is 2.29. The molecule has 1 rings (SSSR count). The molecule has 0 aliphatic carbocycles. The molecule has 0 spiro atoms. The lowest BCUT2D eigenvalue weighted by atomic mass is 10.2. The first-order valence-electron chi connectivity index (χ1n) is 7.22. The Kier molecular flexibility index (Phi) is 7.10. The van der Waals surface area contributed by atoms with Crippen molar-refractivity contribution >= 4 is 8.32 Å². The van der Waals surface area contributed by atoms with Gasteiger partial charge in [0.05, 0.1) is 26.4 Å². The highest BCUT2D eigenvalue weighted by molar-refractivity contribution is 6.74. The van der Waals surface area contributed by atoms with Crippen molar-refractivity contribution < 1.29 is 23.4 Å². The van der Waals surface area contributed by atoms with Gasteiger partial charge in [-0.1, -0.05) is 20.8 Å². The Morgan fingerprint density at radius 1 is 1.25 bits per heavy atom. The van der Waals surface area contributed by atoms with Gasteiger partial charge in [0.15, 0.2) is 8.32 Å². The minimum atomic E-state index is -1.74. The second-order valence-corrected chi connectivity index (χ2v) is 11.5. The van der Waals surface area contributed by atoms with E-state index < -0.39 is 8.32 Å². The van der Waals surface area contributed by atoms with Crippen molar-refractivity contribution in [3.8, 4) is 0 Å². The van der Waals surface area contributed by atoms with Crippen molar-refractivity contribution in [3.63, 3.8) is 0 Å². The third-order valence-electron chi connectivity index (χ3n) is 3.99. The number of hydrogen-bond donors (Lipinski definition) is 0. The van der Waals surface area contributed by atoms with Crippen LogP contribution in [0.2, 0.25) is 18.1 Å². The van der Waals surface area contributed by atoms with Crippen LogP contribution in [-0.2, 0) is 23.4 Å². The van der Waals surface area contributed by atoms with Gasteiger partial charge in [-0.05, 0) is 18.1 Å². The van der Waals surface area contributed by atoms with Crippen LogP contribution in [0.15, 0.2) is 0 Å². The molecule has 0 aromatic rings. The normalized spacial score (nSPS) is 21.0. The van der Waals surface area contributed by atoms with E-state index in [4.69, 9.17) is 23.4 Å². The maximum Gasteiger partial charge on any atom is 0.192 e. The molecule has 0 aromatic heterocycles.